The van der Waals surface area contributed by atoms with Crippen molar-refractivity contribution in [3.05, 3.63) is 70.8 Å². The minimum Gasteiger partial charge on any atom is -0.289 e. The molecule has 0 saturated carbocycles. The van der Waals surface area contributed by atoms with E-state index in [1.165, 1.54) is 16.5 Å². The van der Waals surface area contributed by atoms with Crippen LogP contribution in [-0.2, 0) is 0 Å². The second kappa shape index (κ2) is 3.80. The zero-order valence-corrected chi connectivity index (χ0v) is 11.5. The van der Waals surface area contributed by atoms with Crippen molar-refractivity contribution in [1.82, 2.24) is 0 Å². The molecule has 0 aliphatic heterocycles. The molecule has 4 rings (SSSR count). The van der Waals surface area contributed by atoms with Crippen molar-refractivity contribution >= 4 is 16.6 Å². The summed E-state index contributed by atoms with van der Waals surface area (Å²) < 4.78 is 0. The quantitative estimate of drug-likeness (QED) is 0.448. The SMILES string of the molecule is Cc1cc(C)c2cc3c(cc2c1)C(=O)c1ccccc1-3. The lowest BCUT2D eigenvalue weighted by Crippen LogP contribution is -1.95. The standard InChI is InChI=1S/C19H14O/c1-11-7-12(2)16-10-17-14-5-3-4-6-15(14)19(20)18(17)9-13(16)8-11/h3-10H,1-2H3. The number of carbonyl (C=O) groups is 1. The second-order valence-corrected chi connectivity index (χ2v) is 5.58. The second-order valence-electron chi connectivity index (χ2n) is 5.58. The predicted molar refractivity (Wildman–Crippen MR) is 82.3 cm³/mol. The number of ketones is 1. The van der Waals surface area contributed by atoms with E-state index in [1.807, 2.05) is 30.3 Å². The van der Waals surface area contributed by atoms with E-state index in [1.54, 1.807) is 0 Å². The Morgan fingerprint density at radius 2 is 1.50 bits per heavy atom. The van der Waals surface area contributed by atoms with Gasteiger partial charge in [-0.1, -0.05) is 42.0 Å². The Morgan fingerprint density at radius 3 is 2.30 bits per heavy atom. The third-order valence-electron chi connectivity index (χ3n) is 4.15. The lowest BCUT2D eigenvalue weighted by Gasteiger charge is -2.07. The highest BCUT2D eigenvalue weighted by Gasteiger charge is 2.26. The maximum Gasteiger partial charge on any atom is 0.194 e. The average Bonchev–Trinajstić information content (AvgIpc) is 2.71. The zero-order chi connectivity index (χ0) is 13.9. The molecule has 3 aromatic rings. The van der Waals surface area contributed by atoms with Crippen LogP contribution in [0.15, 0.2) is 48.5 Å². The van der Waals surface area contributed by atoms with Gasteiger partial charge in [-0.25, -0.2) is 0 Å². The summed E-state index contributed by atoms with van der Waals surface area (Å²) >= 11 is 0. The molecule has 0 radical (unpaired) electrons. The average molecular weight is 258 g/mol. The van der Waals surface area contributed by atoms with E-state index in [0.717, 1.165) is 27.6 Å². The summed E-state index contributed by atoms with van der Waals surface area (Å²) in [6.45, 7) is 4.22. The van der Waals surface area contributed by atoms with E-state index in [-0.39, 0.29) is 5.78 Å². The van der Waals surface area contributed by atoms with Gasteiger partial charge in [-0.05, 0) is 53.4 Å². The van der Waals surface area contributed by atoms with Crippen LogP contribution in [0.25, 0.3) is 21.9 Å². The molecule has 0 aromatic heterocycles. The molecule has 1 nitrogen and oxygen atoms in total. The van der Waals surface area contributed by atoms with E-state index < -0.39 is 0 Å². The van der Waals surface area contributed by atoms with Gasteiger partial charge < -0.3 is 0 Å². The Balaban J connectivity index is 2.13. The summed E-state index contributed by atoms with van der Waals surface area (Å²) in [4.78, 5) is 12.5. The molecule has 0 saturated heterocycles. The van der Waals surface area contributed by atoms with E-state index in [9.17, 15) is 4.79 Å². The van der Waals surface area contributed by atoms with Crippen LogP contribution in [0, 0.1) is 13.8 Å². The number of aryl methyl sites for hydroxylation is 2. The topological polar surface area (TPSA) is 17.1 Å². The summed E-state index contributed by atoms with van der Waals surface area (Å²) in [6, 6.07) is 16.4. The van der Waals surface area contributed by atoms with Crippen molar-refractivity contribution in [3.63, 3.8) is 0 Å². The van der Waals surface area contributed by atoms with E-state index in [2.05, 4.69) is 32.0 Å². The highest BCUT2D eigenvalue weighted by atomic mass is 16.1. The van der Waals surface area contributed by atoms with Crippen LogP contribution in [0.2, 0.25) is 0 Å². The minimum atomic E-state index is 0.150. The number of hydrogen-bond donors (Lipinski definition) is 0. The maximum atomic E-state index is 12.5. The van der Waals surface area contributed by atoms with Crippen molar-refractivity contribution in [2.75, 3.05) is 0 Å². The van der Waals surface area contributed by atoms with Crippen molar-refractivity contribution < 1.29 is 4.79 Å². The number of carbonyl (C=O) groups excluding carboxylic acids is 1. The first-order chi connectivity index (χ1) is 9.65. The summed E-state index contributed by atoms with van der Waals surface area (Å²) in [7, 11) is 0. The van der Waals surface area contributed by atoms with Crippen molar-refractivity contribution in [1.29, 1.82) is 0 Å². The number of rotatable bonds is 0. The molecule has 96 valence electrons. The molecule has 0 atom stereocenters. The Hall–Kier alpha value is -2.41. The largest absolute Gasteiger partial charge is 0.289 e. The Bertz CT molecular complexity index is 888. The smallest absolute Gasteiger partial charge is 0.194 e. The van der Waals surface area contributed by atoms with Gasteiger partial charge in [0.15, 0.2) is 5.78 Å². The first-order valence-corrected chi connectivity index (χ1v) is 6.84. The van der Waals surface area contributed by atoms with Crippen LogP contribution in [0.5, 0.6) is 0 Å². The molecule has 20 heavy (non-hydrogen) atoms. The van der Waals surface area contributed by atoms with Crippen molar-refractivity contribution in [3.8, 4) is 11.1 Å². The molecule has 0 bridgehead atoms. The molecule has 3 aromatic carbocycles. The molecular formula is C19H14O. The third kappa shape index (κ3) is 1.41. The van der Waals surface area contributed by atoms with E-state index in [4.69, 9.17) is 0 Å². The molecule has 1 heteroatoms. The summed E-state index contributed by atoms with van der Waals surface area (Å²) in [5, 5.41) is 2.39. The van der Waals surface area contributed by atoms with Crippen LogP contribution in [0.4, 0.5) is 0 Å². The Kier molecular flexibility index (Phi) is 2.17. The van der Waals surface area contributed by atoms with Crippen LogP contribution >= 0.6 is 0 Å². The van der Waals surface area contributed by atoms with Crippen LogP contribution < -0.4 is 0 Å². The van der Waals surface area contributed by atoms with Crippen LogP contribution in [0.3, 0.4) is 0 Å². The highest BCUT2D eigenvalue weighted by Crippen LogP contribution is 2.39. The predicted octanol–water partition coefficient (Wildman–Crippen LogP) is 4.67. The van der Waals surface area contributed by atoms with Gasteiger partial charge in [0, 0.05) is 11.1 Å². The fourth-order valence-corrected chi connectivity index (χ4v) is 3.26. The van der Waals surface area contributed by atoms with Gasteiger partial charge in [0.2, 0.25) is 0 Å². The number of hydrogen-bond acceptors (Lipinski definition) is 1. The van der Waals surface area contributed by atoms with Gasteiger partial charge in [-0.15, -0.1) is 0 Å². The van der Waals surface area contributed by atoms with Crippen molar-refractivity contribution in [2.45, 2.75) is 13.8 Å². The molecule has 0 spiro atoms. The molecule has 0 amide bonds. The molecule has 1 aliphatic carbocycles. The van der Waals surface area contributed by atoms with Crippen LogP contribution in [0.1, 0.15) is 27.0 Å². The molecule has 0 fully saturated rings. The fraction of sp³-hybridized carbons (Fsp3) is 0.105. The Morgan fingerprint density at radius 1 is 0.750 bits per heavy atom. The minimum absolute atomic E-state index is 0.150. The monoisotopic (exact) mass is 258 g/mol. The van der Waals surface area contributed by atoms with Gasteiger partial charge in [0.1, 0.15) is 0 Å². The highest BCUT2D eigenvalue weighted by molar-refractivity contribution is 6.23. The first-order valence-electron chi connectivity index (χ1n) is 6.84. The summed E-state index contributed by atoms with van der Waals surface area (Å²) in [5.41, 5.74) is 6.30. The Labute approximate surface area is 117 Å². The summed E-state index contributed by atoms with van der Waals surface area (Å²) in [5.74, 6) is 0.150. The van der Waals surface area contributed by atoms with Crippen molar-refractivity contribution in [2.24, 2.45) is 0 Å². The molecule has 0 unspecified atom stereocenters. The maximum absolute atomic E-state index is 12.5. The van der Waals surface area contributed by atoms with E-state index >= 15 is 0 Å². The lowest BCUT2D eigenvalue weighted by atomic mass is 9.96. The third-order valence-corrected chi connectivity index (χ3v) is 4.15. The van der Waals surface area contributed by atoms with Gasteiger partial charge in [-0.2, -0.15) is 0 Å². The number of benzene rings is 3. The molecule has 1 aliphatic rings. The van der Waals surface area contributed by atoms with Gasteiger partial charge in [0.25, 0.3) is 0 Å². The van der Waals surface area contributed by atoms with Gasteiger partial charge in [-0.3, -0.25) is 4.79 Å². The van der Waals surface area contributed by atoms with Gasteiger partial charge in [0.05, 0.1) is 0 Å². The fourth-order valence-electron chi connectivity index (χ4n) is 3.26. The molecule has 0 heterocycles. The molecular weight excluding hydrogens is 244 g/mol. The van der Waals surface area contributed by atoms with Gasteiger partial charge >= 0.3 is 0 Å². The van der Waals surface area contributed by atoms with Crippen LogP contribution in [-0.4, -0.2) is 5.78 Å². The number of fused-ring (bicyclic) bond motifs is 4. The summed E-state index contributed by atoms with van der Waals surface area (Å²) in [6.07, 6.45) is 0. The first kappa shape index (κ1) is 11.4. The normalized spacial score (nSPS) is 12.6. The zero-order valence-electron chi connectivity index (χ0n) is 11.5. The lowest BCUT2D eigenvalue weighted by molar-refractivity contribution is 0.104. The van der Waals surface area contributed by atoms with E-state index in [0.29, 0.717) is 0 Å². The molecule has 0 N–H and O–H groups in total.